The van der Waals surface area contributed by atoms with Crippen LogP contribution in [0.1, 0.15) is 39.5 Å². The SMILES string of the molecule is CCCC1C(=O)NC(CC)C(=O)N1C1CCOC1. The van der Waals surface area contributed by atoms with Gasteiger partial charge < -0.3 is 15.0 Å². The van der Waals surface area contributed by atoms with Crippen LogP contribution in [0.25, 0.3) is 0 Å². The van der Waals surface area contributed by atoms with E-state index in [-0.39, 0.29) is 29.9 Å². The minimum absolute atomic E-state index is 0.00444. The Morgan fingerprint density at radius 3 is 2.72 bits per heavy atom. The first-order valence-corrected chi connectivity index (χ1v) is 6.89. The summed E-state index contributed by atoms with van der Waals surface area (Å²) in [5.41, 5.74) is 0. The Bertz CT molecular complexity index is 326. The molecular formula is C13H22N2O3. The maximum absolute atomic E-state index is 12.4. The van der Waals surface area contributed by atoms with Crippen molar-refractivity contribution in [3.05, 3.63) is 0 Å². The summed E-state index contributed by atoms with van der Waals surface area (Å²) < 4.78 is 5.36. The van der Waals surface area contributed by atoms with E-state index >= 15 is 0 Å². The Labute approximate surface area is 108 Å². The largest absolute Gasteiger partial charge is 0.379 e. The third kappa shape index (κ3) is 2.36. The highest BCUT2D eigenvalue weighted by Crippen LogP contribution is 2.23. The minimum atomic E-state index is -0.355. The molecule has 2 saturated heterocycles. The second kappa shape index (κ2) is 5.69. The van der Waals surface area contributed by atoms with E-state index in [0.717, 1.165) is 19.3 Å². The van der Waals surface area contributed by atoms with Crippen LogP contribution in [0.15, 0.2) is 0 Å². The summed E-state index contributed by atoms with van der Waals surface area (Å²) in [7, 11) is 0. The van der Waals surface area contributed by atoms with Crippen molar-refractivity contribution >= 4 is 11.8 Å². The lowest BCUT2D eigenvalue weighted by Gasteiger charge is -2.41. The molecule has 2 amide bonds. The summed E-state index contributed by atoms with van der Waals surface area (Å²) in [6.45, 7) is 5.21. The standard InChI is InChI=1S/C13H22N2O3/c1-3-5-11-12(16)14-10(4-2)13(17)15(11)9-6-7-18-8-9/h9-11H,3-8H2,1-2H3,(H,14,16). The van der Waals surface area contributed by atoms with Gasteiger partial charge in [0.25, 0.3) is 0 Å². The van der Waals surface area contributed by atoms with Crippen molar-refractivity contribution in [3.63, 3.8) is 0 Å². The fourth-order valence-electron chi connectivity index (χ4n) is 2.79. The second-order valence-corrected chi connectivity index (χ2v) is 5.04. The fraction of sp³-hybridized carbons (Fsp3) is 0.846. The molecule has 0 saturated carbocycles. The Morgan fingerprint density at radius 2 is 2.17 bits per heavy atom. The van der Waals surface area contributed by atoms with Crippen LogP contribution in [0.3, 0.4) is 0 Å². The Hall–Kier alpha value is -1.10. The van der Waals surface area contributed by atoms with Crippen molar-refractivity contribution in [1.82, 2.24) is 10.2 Å². The van der Waals surface area contributed by atoms with Gasteiger partial charge in [-0.1, -0.05) is 20.3 Å². The van der Waals surface area contributed by atoms with Gasteiger partial charge in [-0.05, 0) is 19.3 Å². The number of nitrogens with one attached hydrogen (secondary N) is 1. The van der Waals surface area contributed by atoms with Crippen molar-refractivity contribution in [3.8, 4) is 0 Å². The monoisotopic (exact) mass is 254 g/mol. The average Bonchev–Trinajstić information content (AvgIpc) is 2.87. The molecule has 2 aliphatic heterocycles. The Balaban J connectivity index is 2.20. The molecular weight excluding hydrogens is 232 g/mol. The van der Waals surface area contributed by atoms with Crippen molar-refractivity contribution in [2.45, 2.75) is 57.7 Å². The molecule has 5 nitrogen and oxygen atoms in total. The molecule has 2 heterocycles. The predicted molar refractivity (Wildman–Crippen MR) is 67.0 cm³/mol. The lowest BCUT2D eigenvalue weighted by atomic mass is 9.99. The molecule has 0 aromatic heterocycles. The average molecular weight is 254 g/mol. The van der Waals surface area contributed by atoms with Gasteiger partial charge in [0.05, 0.1) is 12.6 Å². The zero-order valence-corrected chi connectivity index (χ0v) is 11.1. The van der Waals surface area contributed by atoms with E-state index in [1.807, 2.05) is 13.8 Å². The molecule has 0 aromatic carbocycles. The molecule has 102 valence electrons. The molecule has 0 aliphatic carbocycles. The van der Waals surface area contributed by atoms with Crippen LogP contribution in [0.4, 0.5) is 0 Å². The van der Waals surface area contributed by atoms with Crippen LogP contribution >= 0.6 is 0 Å². The molecule has 18 heavy (non-hydrogen) atoms. The number of carbonyl (C=O) groups is 2. The van der Waals surface area contributed by atoms with E-state index < -0.39 is 0 Å². The second-order valence-electron chi connectivity index (χ2n) is 5.04. The Morgan fingerprint density at radius 1 is 1.39 bits per heavy atom. The maximum Gasteiger partial charge on any atom is 0.246 e. The van der Waals surface area contributed by atoms with Crippen LogP contribution in [0.2, 0.25) is 0 Å². The highest BCUT2D eigenvalue weighted by Gasteiger charge is 2.43. The minimum Gasteiger partial charge on any atom is -0.379 e. The van der Waals surface area contributed by atoms with E-state index in [0.29, 0.717) is 19.6 Å². The summed E-state index contributed by atoms with van der Waals surface area (Å²) >= 11 is 0. The molecule has 2 aliphatic rings. The molecule has 3 unspecified atom stereocenters. The van der Waals surface area contributed by atoms with Gasteiger partial charge in [0.1, 0.15) is 12.1 Å². The van der Waals surface area contributed by atoms with Gasteiger partial charge in [-0.2, -0.15) is 0 Å². The predicted octanol–water partition coefficient (Wildman–Crippen LogP) is 0.681. The summed E-state index contributed by atoms with van der Waals surface area (Å²) in [4.78, 5) is 26.3. The van der Waals surface area contributed by atoms with Gasteiger partial charge in [0.2, 0.25) is 11.8 Å². The van der Waals surface area contributed by atoms with Gasteiger partial charge >= 0.3 is 0 Å². The number of rotatable bonds is 4. The zero-order chi connectivity index (χ0) is 13.1. The normalized spacial score (nSPS) is 32.8. The Kier molecular flexibility index (Phi) is 4.22. The molecule has 0 radical (unpaired) electrons. The van der Waals surface area contributed by atoms with Crippen LogP contribution < -0.4 is 5.32 Å². The van der Waals surface area contributed by atoms with Crippen molar-refractivity contribution in [1.29, 1.82) is 0 Å². The number of carbonyl (C=O) groups excluding carboxylic acids is 2. The van der Waals surface area contributed by atoms with Gasteiger partial charge in [-0.15, -0.1) is 0 Å². The number of piperazine rings is 1. The lowest BCUT2D eigenvalue weighted by Crippen LogP contribution is -2.65. The smallest absolute Gasteiger partial charge is 0.246 e. The molecule has 2 fully saturated rings. The number of nitrogens with zero attached hydrogens (tertiary/aromatic N) is 1. The highest BCUT2D eigenvalue weighted by atomic mass is 16.5. The summed E-state index contributed by atoms with van der Waals surface area (Å²) in [6.07, 6.45) is 3.11. The molecule has 0 aromatic rings. The van der Waals surface area contributed by atoms with Crippen molar-refractivity contribution in [2.24, 2.45) is 0 Å². The topological polar surface area (TPSA) is 58.6 Å². The van der Waals surface area contributed by atoms with E-state index in [2.05, 4.69) is 5.32 Å². The first-order valence-electron chi connectivity index (χ1n) is 6.89. The molecule has 2 rings (SSSR count). The third-order valence-corrected chi connectivity index (χ3v) is 3.78. The number of ether oxygens (including phenoxy) is 1. The van der Waals surface area contributed by atoms with E-state index in [1.54, 1.807) is 4.90 Å². The molecule has 0 spiro atoms. The molecule has 0 bridgehead atoms. The highest BCUT2D eigenvalue weighted by molar-refractivity contribution is 5.97. The number of amides is 2. The molecule has 1 N–H and O–H groups in total. The van der Waals surface area contributed by atoms with Gasteiger partial charge in [0.15, 0.2) is 0 Å². The lowest BCUT2D eigenvalue weighted by molar-refractivity contribution is -0.152. The van der Waals surface area contributed by atoms with E-state index in [4.69, 9.17) is 4.74 Å². The van der Waals surface area contributed by atoms with Gasteiger partial charge in [0, 0.05) is 6.61 Å². The first-order chi connectivity index (χ1) is 8.69. The van der Waals surface area contributed by atoms with Crippen molar-refractivity contribution in [2.75, 3.05) is 13.2 Å². The summed E-state index contributed by atoms with van der Waals surface area (Å²) in [5.74, 6) is 0.0567. The van der Waals surface area contributed by atoms with Crippen LogP contribution in [0.5, 0.6) is 0 Å². The van der Waals surface area contributed by atoms with Crippen LogP contribution in [-0.2, 0) is 14.3 Å². The molecule has 5 heteroatoms. The van der Waals surface area contributed by atoms with E-state index in [9.17, 15) is 9.59 Å². The third-order valence-electron chi connectivity index (χ3n) is 3.78. The van der Waals surface area contributed by atoms with Crippen LogP contribution in [-0.4, -0.2) is 48.1 Å². The first kappa shape index (κ1) is 13.3. The number of hydrogen-bond donors (Lipinski definition) is 1. The summed E-state index contributed by atoms with van der Waals surface area (Å²) in [6, 6.07) is -0.586. The number of hydrogen-bond acceptors (Lipinski definition) is 3. The quantitative estimate of drug-likeness (QED) is 0.802. The van der Waals surface area contributed by atoms with Crippen LogP contribution in [0, 0.1) is 0 Å². The van der Waals surface area contributed by atoms with Gasteiger partial charge in [-0.25, -0.2) is 0 Å². The fourth-order valence-corrected chi connectivity index (χ4v) is 2.79. The van der Waals surface area contributed by atoms with Crippen molar-refractivity contribution < 1.29 is 14.3 Å². The van der Waals surface area contributed by atoms with Gasteiger partial charge in [-0.3, -0.25) is 9.59 Å². The molecule has 3 atom stereocenters. The van der Waals surface area contributed by atoms with E-state index in [1.165, 1.54) is 0 Å². The summed E-state index contributed by atoms with van der Waals surface area (Å²) in [5, 5.41) is 2.83. The zero-order valence-electron chi connectivity index (χ0n) is 11.1. The maximum atomic E-state index is 12.4.